The van der Waals surface area contributed by atoms with E-state index in [4.69, 9.17) is 15.0 Å². The van der Waals surface area contributed by atoms with Crippen LogP contribution >= 0.6 is 0 Å². The molecule has 0 saturated carbocycles. The minimum absolute atomic E-state index is 0.876. The Balaban J connectivity index is 1.34. The molecule has 3 nitrogen and oxygen atoms in total. The Labute approximate surface area is 266 Å². The summed E-state index contributed by atoms with van der Waals surface area (Å²) in [5.41, 5.74) is 11.0. The molecule has 0 radical (unpaired) electrons. The van der Waals surface area contributed by atoms with Crippen molar-refractivity contribution in [2.75, 3.05) is 0 Å². The molecule has 0 aliphatic rings. The molecule has 0 atom stereocenters. The minimum Gasteiger partial charge on any atom is -0.246 e. The molecule has 3 heteroatoms. The Morgan fingerprint density at radius 2 is 0.826 bits per heavy atom. The van der Waals surface area contributed by atoms with E-state index in [1.165, 1.54) is 16.5 Å². The first kappa shape index (κ1) is 26.2. The van der Waals surface area contributed by atoms with Crippen LogP contribution in [0.3, 0.4) is 0 Å². The summed E-state index contributed by atoms with van der Waals surface area (Å²) in [7, 11) is 0. The molecule has 46 heavy (non-hydrogen) atoms. The van der Waals surface area contributed by atoms with E-state index in [0.717, 1.165) is 71.9 Å². The summed E-state index contributed by atoms with van der Waals surface area (Å²) in [6.07, 6.45) is 0. The van der Waals surface area contributed by atoms with E-state index in [0.29, 0.717) is 0 Å². The van der Waals surface area contributed by atoms with E-state index < -0.39 is 0 Å². The molecule has 9 rings (SSSR count). The number of benzene rings is 6. The van der Waals surface area contributed by atoms with Gasteiger partial charge < -0.3 is 0 Å². The van der Waals surface area contributed by atoms with Crippen LogP contribution in [0.25, 0.3) is 88.4 Å². The summed E-state index contributed by atoms with van der Waals surface area (Å²) in [5.74, 6) is 0. The lowest BCUT2D eigenvalue weighted by atomic mass is 9.91. The monoisotopic (exact) mass is 585 g/mol. The summed E-state index contributed by atoms with van der Waals surface area (Å²) in [6.45, 7) is 0. The van der Waals surface area contributed by atoms with Crippen LogP contribution in [0.1, 0.15) is 0 Å². The zero-order valence-corrected chi connectivity index (χ0v) is 24.9. The average molecular weight is 586 g/mol. The summed E-state index contributed by atoms with van der Waals surface area (Å²) in [6, 6.07) is 57.2. The van der Waals surface area contributed by atoms with Gasteiger partial charge in [-0.2, -0.15) is 0 Å². The van der Waals surface area contributed by atoms with Crippen LogP contribution in [0.5, 0.6) is 0 Å². The highest BCUT2D eigenvalue weighted by Crippen LogP contribution is 2.41. The second-order valence-electron chi connectivity index (χ2n) is 11.6. The van der Waals surface area contributed by atoms with Gasteiger partial charge in [-0.25, -0.2) is 15.0 Å². The van der Waals surface area contributed by atoms with Gasteiger partial charge in [0, 0.05) is 43.6 Å². The van der Waals surface area contributed by atoms with Gasteiger partial charge in [0.2, 0.25) is 0 Å². The van der Waals surface area contributed by atoms with Gasteiger partial charge in [-0.1, -0.05) is 152 Å². The van der Waals surface area contributed by atoms with Gasteiger partial charge >= 0.3 is 0 Å². The molecule has 0 fully saturated rings. The van der Waals surface area contributed by atoms with E-state index in [2.05, 4.69) is 140 Å². The van der Waals surface area contributed by atoms with Gasteiger partial charge in [-0.15, -0.1) is 0 Å². The van der Waals surface area contributed by atoms with Gasteiger partial charge in [-0.3, -0.25) is 0 Å². The van der Waals surface area contributed by atoms with Crippen molar-refractivity contribution < 1.29 is 0 Å². The average Bonchev–Trinajstić information content (AvgIpc) is 3.14. The molecular formula is C43H27N3. The largest absolute Gasteiger partial charge is 0.246 e. The van der Waals surface area contributed by atoms with Crippen LogP contribution in [0, 0.1) is 0 Å². The van der Waals surface area contributed by atoms with Crippen molar-refractivity contribution in [1.82, 2.24) is 15.0 Å². The highest BCUT2D eigenvalue weighted by Gasteiger charge is 2.18. The highest BCUT2D eigenvalue weighted by molar-refractivity contribution is 6.19. The van der Waals surface area contributed by atoms with Crippen molar-refractivity contribution in [3.63, 3.8) is 0 Å². The molecule has 9 aromatic rings. The van der Waals surface area contributed by atoms with Crippen LogP contribution in [0.2, 0.25) is 0 Å². The molecule has 0 bridgehead atoms. The predicted octanol–water partition coefficient (Wildman–Crippen LogP) is 11.2. The second kappa shape index (κ2) is 10.8. The molecule has 3 aromatic heterocycles. The Morgan fingerprint density at radius 3 is 1.50 bits per heavy atom. The van der Waals surface area contributed by atoms with Crippen molar-refractivity contribution in [1.29, 1.82) is 0 Å². The maximum atomic E-state index is 5.43. The van der Waals surface area contributed by atoms with Crippen LogP contribution < -0.4 is 0 Å². The predicted molar refractivity (Wildman–Crippen MR) is 192 cm³/mol. The number of hydrogen-bond donors (Lipinski definition) is 0. The molecule has 0 N–H and O–H groups in total. The molecule has 0 aliphatic heterocycles. The van der Waals surface area contributed by atoms with E-state index in [9.17, 15) is 0 Å². The Kier molecular flexibility index (Phi) is 6.14. The zero-order chi connectivity index (χ0) is 30.5. The SMILES string of the molecule is c1ccc(-c2ccc3ccc4ccc(-c5cccc6c5nc(-c5ccccc5)c5cccc(-c7ccccc7)c56)nc4c3n2)cc1. The van der Waals surface area contributed by atoms with Crippen molar-refractivity contribution in [3.8, 4) is 44.9 Å². The molecule has 214 valence electrons. The number of hydrogen-bond acceptors (Lipinski definition) is 3. The van der Waals surface area contributed by atoms with Gasteiger partial charge in [0.05, 0.1) is 33.6 Å². The first-order valence-electron chi connectivity index (χ1n) is 15.5. The van der Waals surface area contributed by atoms with Crippen molar-refractivity contribution >= 4 is 43.5 Å². The van der Waals surface area contributed by atoms with Crippen LogP contribution in [0.15, 0.2) is 164 Å². The molecule has 6 aromatic carbocycles. The normalized spacial score (nSPS) is 11.5. The first-order chi connectivity index (χ1) is 22.8. The smallest absolute Gasteiger partial charge is 0.0972 e. The number of fused-ring (bicyclic) bond motifs is 6. The summed E-state index contributed by atoms with van der Waals surface area (Å²) >= 11 is 0. The van der Waals surface area contributed by atoms with Gasteiger partial charge in [0.25, 0.3) is 0 Å². The summed E-state index contributed by atoms with van der Waals surface area (Å²) in [5, 5.41) is 5.56. The third-order valence-electron chi connectivity index (χ3n) is 8.85. The fourth-order valence-corrected chi connectivity index (χ4v) is 6.65. The lowest BCUT2D eigenvalue weighted by Crippen LogP contribution is -1.95. The van der Waals surface area contributed by atoms with Crippen LogP contribution in [-0.2, 0) is 0 Å². The summed E-state index contributed by atoms with van der Waals surface area (Å²) < 4.78 is 0. The van der Waals surface area contributed by atoms with Crippen LogP contribution in [-0.4, -0.2) is 15.0 Å². The summed E-state index contributed by atoms with van der Waals surface area (Å²) in [4.78, 5) is 15.9. The topological polar surface area (TPSA) is 38.7 Å². The van der Waals surface area contributed by atoms with Gasteiger partial charge in [0.15, 0.2) is 0 Å². The van der Waals surface area contributed by atoms with Crippen molar-refractivity contribution in [2.45, 2.75) is 0 Å². The minimum atomic E-state index is 0.876. The number of aromatic nitrogens is 3. The lowest BCUT2D eigenvalue weighted by Gasteiger charge is -2.16. The standard InChI is InChI=1S/C43H27N3/c1-4-12-28(13-5-1)33-18-10-20-35-39(33)36-21-11-19-34(43(36)46-40(35)30-16-8-3-9-17-30)38-27-25-32-23-22-31-24-26-37(29-14-6-2-7-15-29)44-41(31)42(32)45-38/h1-27H. The molecule has 3 heterocycles. The fourth-order valence-electron chi connectivity index (χ4n) is 6.65. The molecule has 0 saturated heterocycles. The molecule has 0 unspecified atom stereocenters. The Morgan fingerprint density at radius 1 is 0.304 bits per heavy atom. The lowest BCUT2D eigenvalue weighted by molar-refractivity contribution is 1.36. The molecule has 0 aliphatic carbocycles. The number of rotatable bonds is 4. The maximum Gasteiger partial charge on any atom is 0.0972 e. The first-order valence-corrected chi connectivity index (χ1v) is 15.5. The van der Waals surface area contributed by atoms with E-state index >= 15 is 0 Å². The van der Waals surface area contributed by atoms with Crippen molar-refractivity contribution in [3.05, 3.63) is 164 Å². The number of pyridine rings is 3. The van der Waals surface area contributed by atoms with E-state index in [1.54, 1.807) is 0 Å². The quantitative estimate of drug-likeness (QED) is 0.193. The van der Waals surface area contributed by atoms with Crippen LogP contribution in [0.4, 0.5) is 0 Å². The van der Waals surface area contributed by atoms with Gasteiger partial charge in [0.1, 0.15) is 0 Å². The zero-order valence-electron chi connectivity index (χ0n) is 24.9. The Hall–Kier alpha value is -6.19. The molecular weight excluding hydrogens is 558 g/mol. The third-order valence-corrected chi connectivity index (χ3v) is 8.85. The van der Waals surface area contributed by atoms with Crippen molar-refractivity contribution in [2.24, 2.45) is 0 Å². The van der Waals surface area contributed by atoms with E-state index in [-0.39, 0.29) is 0 Å². The molecule has 0 amide bonds. The third kappa shape index (κ3) is 4.33. The number of nitrogens with zero attached hydrogens (tertiary/aromatic N) is 3. The fraction of sp³-hybridized carbons (Fsp3) is 0. The second-order valence-corrected chi connectivity index (χ2v) is 11.6. The Bertz CT molecular complexity index is 2560. The highest BCUT2D eigenvalue weighted by atomic mass is 14.8. The molecule has 0 spiro atoms. The van der Waals surface area contributed by atoms with Gasteiger partial charge in [-0.05, 0) is 23.3 Å². The maximum absolute atomic E-state index is 5.43. The van der Waals surface area contributed by atoms with E-state index in [1.807, 2.05) is 24.3 Å². The number of para-hydroxylation sites is 1.